The summed E-state index contributed by atoms with van der Waals surface area (Å²) < 4.78 is 0. The van der Waals surface area contributed by atoms with E-state index in [1.165, 1.54) is 11.1 Å². The summed E-state index contributed by atoms with van der Waals surface area (Å²) in [5, 5.41) is 2.96. The quantitative estimate of drug-likeness (QED) is 0.899. The van der Waals surface area contributed by atoms with Gasteiger partial charge in [0.15, 0.2) is 0 Å². The van der Waals surface area contributed by atoms with Gasteiger partial charge in [0.1, 0.15) is 0 Å². The fourth-order valence-electron chi connectivity index (χ4n) is 3.91. The van der Waals surface area contributed by atoms with Crippen LogP contribution < -0.4 is 5.32 Å². The second-order valence-electron chi connectivity index (χ2n) is 7.27. The largest absolute Gasteiger partial charge is 0.339 e. The van der Waals surface area contributed by atoms with E-state index < -0.39 is 0 Å². The number of nitrogens with one attached hydrogen (secondary N) is 1. The standard InChI is InChI=1S/C23H24N2O2/c26-22(25-14-12-18(13-15-25)17-6-2-1-3-7-17)11-10-20-16-19-8-4-5-9-21(19)24-23(20)27/h1-9,12,20H,10-11,13-16H2,(H,24,27). The third-order valence-electron chi connectivity index (χ3n) is 5.53. The molecular formula is C23H24N2O2. The van der Waals surface area contributed by atoms with Crippen molar-refractivity contribution >= 4 is 23.1 Å². The first kappa shape index (κ1) is 17.5. The van der Waals surface area contributed by atoms with Gasteiger partial charge in [-0.25, -0.2) is 0 Å². The minimum absolute atomic E-state index is 0.0337. The minimum atomic E-state index is -0.121. The number of hydrogen-bond donors (Lipinski definition) is 1. The molecule has 4 nitrogen and oxygen atoms in total. The first-order valence-corrected chi connectivity index (χ1v) is 9.62. The van der Waals surface area contributed by atoms with Crippen LogP contribution in [0.15, 0.2) is 60.7 Å². The van der Waals surface area contributed by atoms with E-state index in [-0.39, 0.29) is 17.7 Å². The number of para-hydroxylation sites is 1. The maximum Gasteiger partial charge on any atom is 0.227 e. The van der Waals surface area contributed by atoms with E-state index in [2.05, 4.69) is 23.5 Å². The Morgan fingerprint density at radius 3 is 2.63 bits per heavy atom. The molecule has 0 aliphatic carbocycles. The molecule has 2 aliphatic heterocycles. The van der Waals surface area contributed by atoms with Crippen molar-refractivity contribution in [1.29, 1.82) is 0 Å². The summed E-state index contributed by atoms with van der Waals surface area (Å²) in [5.41, 5.74) is 4.60. The molecule has 0 fully saturated rings. The monoisotopic (exact) mass is 360 g/mol. The SMILES string of the molecule is O=C1Nc2ccccc2CC1CCC(=O)N1CC=C(c2ccccc2)CC1. The van der Waals surface area contributed by atoms with Crippen LogP contribution in [0.3, 0.4) is 0 Å². The van der Waals surface area contributed by atoms with Crippen LogP contribution in [-0.2, 0) is 16.0 Å². The first-order chi connectivity index (χ1) is 13.2. The van der Waals surface area contributed by atoms with Crippen LogP contribution in [0.2, 0.25) is 0 Å². The molecule has 0 spiro atoms. The van der Waals surface area contributed by atoms with Gasteiger partial charge < -0.3 is 10.2 Å². The number of carbonyl (C=O) groups excluding carboxylic acids is 2. The van der Waals surface area contributed by atoms with E-state index in [1.54, 1.807) is 0 Å². The number of nitrogens with zero attached hydrogens (tertiary/aromatic N) is 1. The Bertz CT molecular complexity index is 873. The maximum atomic E-state index is 12.6. The Balaban J connectivity index is 1.32. The number of amides is 2. The lowest BCUT2D eigenvalue weighted by atomic mass is 9.89. The molecule has 1 N–H and O–H groups in total. The molecule has 1 unspecified atom stereocenters. The van der Waals surface area contributed by atoms with Gasteiger partial charge in [0, 0.05) is 31.1 Å². The van der Waals surface area contributed by atoms with Gasteiger partial charge >= 0.3 is 0 Å². The molecule has 0 saturated carbocycles. The molecule has 4 rings (SSSR count). The third kappa shape index (κ3) is 3.95. The van der Waals surface area contributed by atoms with E-state index in [4.69, 9.17) is 0 Å². The predicted octanol–water partition coefficient (Wildman–Crippen LogP) is 3.89. The molecule has 0 aromatic heterocycles. The summed E-state index contributed by atoms with van der Waals surface area (Å²) in [5.74, 6) is 0.0560. The van der Waals surface area contributed by atoms with Crippen molar-refractivity contribution in [3.63, 3.8) is 0 Å². The van der Waals surface area contributed by atoms with E-state index in [0.29, 0.717) is 25.8 Å². The molecule has 2 aliphatic rings. The highest BCUT2D eigenvalue weighted by Gasteiger charge is 2.27. The van der Waals surface area contributed by atoms with Gasteiger partial charge in [-0.2, -0.15) is 0 Å². The highest BCUT2D eigenvalue weighted by Crippen LogP contribution is 2.28. The summed E-state index contributed by atoms with van der Waals surface area (Å²) in [7, 11) is 0. The van der Waals surface area contributed by atoms with Crippen LogP contribution in [0.5, 0.6) is 0 Å². The Morgan fingerprint density at radius 2 is 1.85 bits per heavy atom. The average molecular weight is 360 g/mol. The summed E-state index contributed by atoms with van der Waals surface area (Å²) in [6.45, 7) is 1.40. The Morgan fingerprint density at radius 1 is 1.07 bits per heavy atom. The number of anilines is 1. The molecule has 0 radical (unpaired) electrons. The van der Waals surface area contributed by atoms with Crippen LogP contribution in [0.4, 0.5) is 5.69 Å². The average Bonchev–Trinajstić information content (AvgIpc) is 2.73. The molecule has 0 bridgehead atoms. The molecule has 1 atom stereocenters. The van der Waals surface area contributed by atoms with Crippen molar-refractivity contribution in [1.82, 2.24) is 4.90 Å². The summed E-state index contributed by atoms with van der Waals surface area (Å²) >= 11 is 0. The van der Waals surface area contributed by atoms with Crippen LogP contribution in [0, 0.1) is 5.92 Å². The Kier molecular flexibility index (Phi) is 5.05. The number of carbonyl (C=O) groups is 2. The van der Waals surface area contributed by atoms with Crippen LogP contribution in [0.1, 0.15) is 30.4 Å². The fourth-order valence-corrected chi connectivity index (χ4v) is 3.91. The maximum absolute atomic E-state index is 12.6. The second-order valence-corrected chi connectivity index (χ2v) is 7.27. The van der Waals surface area contributed by atoms with Gasteiger partial charge in [-0.15, -0.1) is 0 Å². The zero-order chi connectivity index (χ0) is 18.6. The van der Waals surface area contributed by atoms with Gasteiger partial charge in [-0.3, -0.25) is 9.59 Å². The molecule has 2 aromatic rings. The molecule has 2 heterocycles. The van der Waals surface area contributed by atoms with Crippen molar-refractivity contribution in [2.45, 2.75) is 25.7 Å². The molecule has 27 heavy (non-hydrogen) atoms. The van der Waals surface area contributed by atoms with E-state index >= 15 is 0 Å². The van der Waals surface area contributed by atoms with Gasteiger partial charge in [0.25, 0.3) is 0 Å². The molecule has 2 aromatic carbocycles. The van der Waals surface area contributed by atoms with Gasteiger partial charge in [-0.1, -0.05) is 54.6 Å². The number of benzene rings is 2. The predicted molar refractivity (Wildman–Crippen MR) is 107 cm³/mol. The summed E-state index contributed by atoms with van der Waals surface area (Å²) in [6, 6.07) is 18.2. The lowest BCUT2D eigenvalue weighted by Crippen LogP contribution is -2.36. The fraction of sp³-hybridized carbons (Fsp3) is 0.304. The molecule has 2 amide bonds. The highest BCUT2D eigenvalue weighted by molar-refractivity contribution is 5.96. The number of hydrogen-bond acceptors (Lipinski definition) is 2. The van der Waals surface area contributed by atoms with Gasteiger partial charge in [0.05, 0.1) is 0 Å². The van der Waals surface area contributed by atoms with Crippen molar-refractivity contribution in [2.24, 2.45) is 5.92 Å². The van der Waals surface area contributed by atoms with Crippen LogP contribution in [-0.4, -0.2) is 29.8 Å². The minimum Gasteiger partial charge on any atom is -0.339 e. The summed E-state index contributed by atoms with van der Waals surface area (Å²) in [6.07, 6.45) is 4.78. The number of rotatable bonds is 4. The normalized spacial score (nSPS) is 19.1. The van der Waals surface area contributed by atoms with Gasteiger partial charge in [-0.05, 0) is 42.0 Å². The van der Waals surface area contributed by atoms with Gasteiger partial charge in [0.2, 0.25) is 11.8 Å². The van der Waals surface area contributed by atoms with Crippen molar-refractivity contribution in [2.75, 3.05) is 18.4 Å². The Labute approximate surface area is 159 Å². The zero-order valence-electron chi connectivity index (χ0n) is 15.4. The van der Waals surface area contributed by atoms with E-state index in [9.17, 15) is 9.59 Å². The Hall–Kier alpha value is -2.88. The highest BCUT2D eigenvalue weighted by atomic mass is 16.2. The topological polar surface area (TPSA) is 49.4 Å². The zero-order valence-corrected chi connectivity index (χ0v) is 15.4. The van der Waals surface area contributed by atoms with Crippen molar-refractivity contribution < 1.29 is 9.59 Å². The smallest absolute Gasteiger partial charge is 0.227 e. The number of fused-ring (bicyclic) bond motifs is 1. The third-order valence-corrected chi connectivity index (χ3v) is 5.53. The summed E-state index contributed by atoms with van der Waals surface area (Å²) in [4.78, 5) is 26.8. The van der Waals surface area contributed by atoms with Crippen molar-refractivity contribution in [3.05, 3.63) is 71.8 Å². The molecular weight excluding hydrogens is 336 g/mol. The molecule has 138 valence electrons. The van der Waals surface area contributed by atoms with Crippen molar-refractivity contribution in [3.8, 4) is 0 Å². The van der Waals surface area contributed by atoms with Crippen LogP contribution in [0.25, 0.3) is 5.57 Å². The van der Waals surface area contributed by atoms with E-state index in [1.807, 2.05) is 47.4 Å². The molecule has 4 heteroatoms. The second kappa shape index (κ2) is 7.78. The first-order valence-electron chi connectivity index (χ1n) is 9.62. The van der Waals surface area contributed by atoms with Crippen LogP contribution >= 0.6 is 0 Å². The lowest BCUT2D eigenvalue weighted by Gasteiger charge is -2.28. The van der Waals surface area contributed by atoms with E-state index in [0.717, 1.165) is 24.2 Å². The molecule has 0 saturated heterocycles. The lowest BCUT2D eigenvalue weighted by molar-refractivity contribution is -0.131.